The lowest BCUT2D eigenvalue weighted by atomic mass is 10.0. The van der Waals surface area contributed by atoms with Gasteiger partial charge >= 0.3 is 0 Å². The van der Waals surface area contributed by atoms with Gasteiger partial charge in [-0.25, -0.2) is 0 Å². The summed E-state index contributed by atoms with van der Waals surface area (Å²) >= 11 is 0. The molecule has 0 aliphatic heterocycles. The van der Waals surface area contributed by atoms with Crippen LogP contribution in [0.1, 0.15) is 31.0 Å². The molecule has 1 aromatic carbocycles. The van der Waals surface area contributed by atoms with E-state index in [2.05, 4.69) is 31.7 Å². The average molecular weight is 294 g/mol. The van der Waals surface area contributed by atoms with E-state index >= 15 is 0 Å². The molecule has 1 atom stereocenters. The SMILES string of the molecule is COCCN(CC(C)C)CC(N)c1cc(C)ccc1OC. The van der Waals surface area contributed by atoms with E-state index in [1.807, 2.05) is 12.1 Å². The van der Waals surface area contributed by atoms with Crippen LogP contribution in [0, 0.1) is 12.8 Å². The summed E-state index contributed by atoms with van der Waals surface area (Å²) in [5, 5.41) is 0. The zero-order valence-corrected chi connectivity index (χ0v) is 14.1. The topological polar surface area (TPSA) is 47.7 Å². The fourth-order valence-electron chi connectivity index (χ4n) is 2.51. The first-order valence-corrected chi connectivity index (χ1v) is 7.59. The monoisotopic (exact) mass is 294 g/mol. The van der Waals surface area contributed by atoms with Crippen LogP contribution in [0.5, 0.6) is 5.75 Å². The Morgan fingerprint density at radius 3 is 2.48 bits per heavy atom. The number of methoxy groups -OCH3 is 2. The Labute approximate surface area is 129 Å². The Balaban J connectivity index is 2.80. The summed E-state index contributed by atoms with van der Waals surface area (Å²) in [5.41, 5.74) is 8.70. The van der Waals surface area contributed by atoms with E-state index in [1.54, 1.807) is 14.2 Å². The average Bonchev–Trinajstić information content (AvgIpc) is 2.44. The molecule has 0 aromatic heterocycles. The highest BCUT2D eigenvalue weighted by molar-refractivity contribution is 5.39. The van der Waals surface area contributed by atoms with Crippen LogP contribution in [0.2, 0.25) is 0 Å². The molecule has 4 nitrogen and oxygen atoms in total. The van der Waals surface area contributed by atoms with Crippen LogP contribution in [-0.2, 0) is 4.74 Å². The Bertz CT molecular complexity index is 421. The lowest BCUT2D eigenvalue weighted by Crippen LogP contribution is -2.37. The van der Waals surface area contributed by atoms with E-state index in [0.29, 0.717) is 5.92 Å². The van der Waals surface area contributed by atoms with Gasteiger partial charge in [0.15, 0.2) is 0 Å². The summed E-state index contributed by atoms with van der Waals surface area (Å²) in [6.07, 6.45) is 0. The predicted octanol–water partition coefficient (Wildman–Crippen LogP) is 2.61. The van der Waals surface area contributed by atoms with E-state index in [9.17, 15) is 0 Å². The van der Waals surface area contributed by atoms with Gasteiger partial charge < -0.3 is 15.2 Å². The van der Waals surface area contributed by atoms with Crippen molar-refractivity contribution < 1.29 is 9.47 Å². The molecule has 1 aromatic rings. The van der Waals surface area contributed by atoms with Gasteiger partial charge in [-0.3, -0.25) is 4.90 Å². The van der Waals surface area contributed by atoms with Gasteiger partial charge in [0.2, 0.25) is 0 Å². The van der Waals surface area contributed by atoms with Gasteiger partial charge in [-0.05, 0) is 18.9 Å². The molecule has 0 saturated heterocycles. The summed E-state index contributed by atoms with van der Waals surface area (Å²) < 4.78 is 10.6. The summed E-state index contributed by atoms with van der Waals surface area (Å²) in [6, 6.07) is 6.10. The molecular formula is C17H30N2O2. The fraction of sp³-hybridized carbons (Fsp3) is 0.647. The molecule has 0 radical (unpaired) electrons. The van der Waals surface area contributed by atoms with Crippen LogP contribution in [0.15, 0.2) is 18.2 Å². The smallest absolute Gasteiger partial charge is 0.123 e. The lowest BCUT2D eigenvalue weighted by Gasteiger charge is -2.28. The van der Waals surface area contributed by atoms with Crippen LogP contribution in [0.25, 0.3) is 0 Å². The van der Waals surface area contributed by atoms with Crippen molar-refractivity contribution in [3.63, 3.8) is 0 Å². The first-order valence-electron chi connectivity index (χ1n) is 7.59. The second-order valence-corrected chi connectivity index (χ2v) is 6.00. The number of benzene rings is 1. The van der Waals surface area contributed by atoms with Crippen molar-refractivity contribution in [2.75, 3.05) is 40.5 Å². The van der Waals surface area contributed by atoms with Crippen molar-refractivity contribution in [3.05, 3.63) is 29.3 Å². The first kappa shape index (κ1) is 18.0. The van der Waals surface area contributed by atoms with Crippen molar-refractivity contribution in [1.29, 1.82) is 0 Å². The molecule has 0 saturated carbocycles. The van der Waals surface area contributed by atoms with Gasteiger partial charge in [0, 0.05) is 38.3 Å². The largest absolute Gasteiger partial charge is 0.496 e. The zero-order chi connectivity index (χ0) is 15.8. The molecule has 0 bridgehead atoms. The number of hydrogen-bond acceptors (Lipinski definition) is 4. The van der Waals surface area contributed by atoms with Crippen LogP contribution in [0.3, 0.4) is 0 Å². The second kappa shape index (κ2) is 9.03. The van der Waals surface area contributed by atoms with Crippen LogP contribution >= 0.6 is 0 Å². The highest BCUT2D eigenvalue weighted by atomic mass is 16.5. The third-order valence-electron chi connectivity index (χ3n) is 3.47. The van der Waals surface area contributed by atoms with Gasteiger partial charge in [-0.15, -0.1) is 0 Å². The van der Waals surface area contributed by atoms with Crippen molar-refractivity contribution >= 4 is 0 Å². The predicted molar refractivity (Wildman–Crippen MR) is 87.8 cm³/mol. The molecule has 21 heavy (non-hydrogen) atoms. The first-order chi connectivity index (χ1) is 9.97. The summed E-state index contributed by atoms with van der Waals surface area (Å²) in [4.78, 5) is 2.36. The van der Waals surface area contributed by atoms with Gasteiger partial charge in [-0.1, -0.05) is 31.5 Å². The highest BCUT2D eigenvalue weighted by Gasteiger charge is 2.17. The van der Waals surface area contributed by atoms with Crippen molar-refractivity contribution in [1.82, 2.24) is 4.90 Å². The third kappa shape index (κ3) is 6.04. The Morgan fingerprint density at radius 1 is 1.19 bits per heavy atom. The fourth-order valence-corrected chi connectivity index (χ4v) is 2.51. The van der Waals surface area contributed by atoms with E-state index < -0.39 is 0 Å². The quantitative estimate of drug-likeness (QED) is 0.760. The number of rotatable bonds is 9. The lowest BCUT2D eigenvalue weighted by molar-refractivity contribution is 0.135. The third-order valence-corrected chi connectivity index (χ3v) is 3.47. The van der Waals surface area contributed by atoms with Gasteiger partial charge in [0.1, 0.15) is 5.75 Å². The highest BCUT2D eigenvalue weighted by Crippen LogP contribution is 2.25. The van der Waals surface area contributed by atoms with Gasteiger partial charge in [0.05, 0.1) is 13.7 Å². The number of nitrogens with zero attached hydrogens (tertiary/aromatic N) is 1. The number of ether oxygens (including phenoxy) is 2. The molecule has 1 unspecified atom stereocenters. The van der Waals surface area contributed by atoms with Crippen LogP contribution in [-0.4, -0.2) is 45.4 Å². The minimum absolute atomic E-state index is 0.0598. The van der Waals surface area contributed by atoms with Crippen LogP contribution in [0.4, 0.5) is 0 Å². The standard InChI is InChI=1S/C17H30N2O2/c1-13(2)11-19(8-9-20-4)12-16(18)15-10-14(3)6-7-17(15)21-5/h6-7,10,13,16H,8-9,11-12,18H2,1-5H3. The second-order valence-electron chi connectivity index (χ2n) is 6.00. The molecule has 120 valence electrons. The Kier molecular flexibility index (Phi) is 7.72. The maximum absolute atomic E-state index is 6.43. The molecule has 1 rings (SSSR count). The van der Waals surface area contributed by atoms with Gasteiger partial charge in [0.25, 0.3) is 0 Å². The van der Waals surface area contributed by atoms with E-state index in [0.717, 1.165) is 37.6 Å². The number of hydrogen-bond donors (Lipinski definition) is 1. The van der Waals surface area contributed by atoms with Crippen LogP contribution < -0.4 is 10.5 Å². The van der Waals surface area contributed by atoms with E-state index in [1.165, 1.54) is 5.56 Å². The molecule has 0 aliphatic carbocycles. The molecule has 0 amide bonds. The van der Waals surface area contributed by atoms with E-state index in [-0.39, 0.29) is 6.04 Å². The number of nitrogens with two attached hydrogens (primary N) is 1. The summed E-state index contributed by atoms with van der Waals surface area (Å²) in [6.45, 7) is 9.97. The Morgan fingerprint density at radius 2 is 1.90 bits per heavy atom. The molecular weight excluding hydrogens is 264 g/mol. The van der Waals surface area contributed by atoms with Crippen molar-refractivity contribution in [2.24, 2.45) is 11.7 Å². The molecule has 4 heteroatoms. The van der Waals surface area contributed by atoms with E-state index in [4.69, 9.17) is 15.2 Å². The summed E-state index contributed by atoms with van der Waals surface area (Å²) in [7, 11) is 3.43. The minimum Gasteiger partial charge on any atom is -0.496 e. The molecule has 0 fully saturated rings. The maximum atomic E-state index is 6.43. The zero-order valence-electron chi connectivity index (χ0n) is 14.1. The minimum atomic E-state index is -0.0598. The number of aryl methyl sites for hydroxylation is 1. The summed E-state index contributed by atoms with van der Waals surface area (Å²) in [5.74, 6) is 1.47. The van der Waals surface area contributed by atoms with Gasteiger partial charge in [-0.2, -0.15) is 0 Å². The van der Waals surface area contributed by atoms with Crippen molar-refractivity contribution in [2.45, 2.75) is 26.8 Å². The molecule has 0 aliphatic rings. The Hall–Kier alpha value is -1.10. The molecule has 0 heterocycles. The molecule has 2 N–H and O–H groups in total. The normalized spacial score (nSPS) is 13.0. The van der Waals surface area contributed by atoms with Crippen molar-refractivity contribution in [3.8, 4) is 5.75 Å². The molecule has 0 spiro atoms. The maximum Gasteiger partial charge on any atom is 0.123 e.